The average Bonchev–Trinajstić information content (AvgIpc) is 2.88. The lowest BCUT2D eigenvalue weighted by molar-refractivity contribution is -0.130. The molecule has 2 rings (SSSR count). The molecule has 0 saturated carbocycles. The Labute approximate surface area is 122 Å². The van der Waals surface area contributed by atoms with E-state index in [0.29, 0.717) is 24.2 Å². The number of likely N-dealkylation sites (tertiary alicyclic amines) is 1. The maximum absolute atomic E-state index is 12.4. The fraction of sp³-hybridized carbons (Fsp3) is 0.588. The van der Waals surface area contributed by atoms with E-state index in [1.165, 1.54) is 11.1 Å². The van der Waals surface area contributed by atoms with Crippen molar-refractivity contribution in [2.75, 3.05) is 26.7 Å². The van der Waals surface area contributed by atoms with Gasteiger partial charge in [-0.25, -0.2) is 0 Å². The van der Waals surface area contributed by atoms with Crippen molar-refractivity contribution in [3.8, 4) is 0 Å². The maximum Gasteiger partial charge on any atom is 0.223 e. The summed E-state index contributed by atoms with van der Waals surface area (Å²) in [6, 6.07) is 8.37. The van der Waals surface area contributed by atoms with Crippen LogP contribution >= 0.6 is 0 Å². The number of rotatable bonds is 5. The van der Waals surface area contributed by atoms with Crippen LogP contribution in [0.4, 0.5) is 0 Å². The van der Waals surface area contributed by atoms with Crippen LogP contribution < -0.4 is 5.32 Å². The van der Waals surface area contributed by atoms with Crippen LogP contribution in [0.5, 0.6) is 0 Å². The van der Waals surface area contributed by atoms with E-state index < -0.39 is 0 Å². The van der Waals surface area contributed by atoms with Crippen molar-refractivity contribution >= 4 is 5.91 Å². The van der Waals surface area contributed by atoms with E-state index in [-0.39, 0.29) is 0 Å². The molecular weight excluding hydrogens is 248 g/mol. The van der Waals surface area contributed by atoms with E-state index in [4.69, 9.17) is 0 Å². The van der Waals surface area contributed by atoms with E-state index in [9.17, 15) is 4.79 Å². The van der Waals surface area contributed by atoms with Crippen LogP contribution in [0.3, 0.4) is 0 Å². The van der Waals surface area contributed by atoms with Crippen molar-refractivity contribution in [1.29, 1.82) is 0 Å². The topological polar surface area (TPSA) is 32.3 Å². The molecule has 3 heteroatoms. The molecule has 1 aliphatic heterocycles. The predicted octanol–water partition coefficient (Wildman–Crippen LogP) is 2.56. The fourth-order valence-electron chi connectivity index (χ4n) is 3.16. The van der Waals surface area contributed by atoms with Gasteiger partial charge in [-0.15, -0.1) is 0 Å². The smallest absolute Gasteiger partial charge is 0.223 e. The number of hydrogen-bond donors (Lipinski definition) is 1. The van der Waals surface area contributed by atoms with Gasteiger partial charge in [-0.2, -0.15) is 0 Å². The van der Waals surface area contributed by atoms with Crippen LogP contribution in [0.25, 0.3) is 0 Å². The summed E-state index contributed by atoms with van der Waals surface area (Å²) in [5.74, 6) is 1.23. The van der Waals surface area contributed by atoms with Gasteiger partial charge in [0.05, 0.1) is 0 Å². The Morgan fingerprint density at radius 1 is 1.45 bits per heavy atom. The van der Waals surface area contributed by atoms with Crippen molar-refractivity contribution in [3.05, 3.63) is 35.4 Å². The van der Waals surface area contributed by atoms with Crippen LogP contribution in [0.15, 0.2) is 24.3 Å². The maximum atomic E-state index is 12.4. The van der Waals surface area contributed by atoms with E-state index in [1.807, 2.05) is 11.9 Å². The van der Waals surface area contributed by atoms with Gasteiger partial charge in [-0.1, -0.05) is 31.2 Å². The predicted molar refractivity (Wildman–Crippen MR) is 82.8 cm³/mol. The highest BCUT2D eigenvalue weighted by Crippen LogP contribution is 2.25. The fourth-order valence-corrected chi connectivity index (χ4v) is 3.16. The highest BCUT2D eigenvalue weighted by atomic mass is 16.2. The Balaban J connectivity index is 1.90. The standard InChI is InChI=1S/C17H26N2O/c1-13-6-4-5-7-16(13)14(2)10-17(20)19-9-8-15(12-19)11-18-3/h4-7,14-15,18H,8-12H2,1-3H3/t14-,15-/m1/s1. The molecule has 1 aromatic rings. The summed E-state index contributed by atoms with van der Waals surface area (Å²) in [6.07, 6.45) is 1.75. The zero-order valence-electron chi connectivity index (χ0n) is 12.9. The van der Waals surface area contributed by atoms with Gasteiger partial charge in [-0.3, -0.25) is 4.79 Å². The second-order valence-electron chi connectivity index (χ2n) is 6.01. The molecule has 0 aromatic heterocycles. The molecular formula is C17H26N2O. The van der Waals surface area contributed by atoms with E-state index in [1.54, 1.807) is 0 Å². The van der Waals surface area contributed by atoms with Gasteiger partial charge in [0.1, 0.15) is 0 Å². The van der Waals surface area contributed by atoms with Crippen LogP contribution in [-0.2, 0) is 4.79 Å². The number of amides is 1. The highest BCUT2D eigenvalue weighted by Gasteiger charge is 2.26. The molecule has 1 aromatic carbocycles. The number of hydrogen-bond acceptors (Lipinski definition) is 2. The number of carbonyl (C=O) groups excluding carboxylic acids is 1. The monoisotopic (exact) mass is 274 g/mol. The molecule has 1 saturated heterocycles. The molecule has 1 N–H and O–H groups in total. The van der Waals surface area contributed by atoms with Gasteiger partial charge in [0.2, 0.25) is 5.91 Å². The molecule has 0 spiro atoms. The van der Waals surface area contributed by atoms with Crippen molar-refractivity contribution in [2.24, 2.45) is 5.92 Å². The molecule has 1 fully saturated rings. The molecule has 110 valence electrons. The number of aryl methyl sites for hydroxylation is 1. The summed E-state index contributed by atoms with van der Waals surface area (Å²) in [6.45, 7) is 7.12. The minimum absolute atomic E-state index is 0.298. The summed E-state index contributed by atoms with van der Waals surface area (Å²) in [5.41, 5.74) is 2.58. The summed E-state index contributed by atoms with van der Waals surface area (Å²) in [5, 5.41) is 3.21. The quantitative estimate of drug-likeness (QED) is 0.895. The molecule has 3 nitrogen and oxygen atoms in total. The number of nitrogens with zero attached hydrogens (tertiary/aromatic N) is 1. The van der Waals surface area contributed by atoms with Gasteiger partial charge in [0.15, 0.2) is 0 Å². The lowest BCUT2D eigenvalue weighted by Crippen LogP contribution is -2.31. The van der Waals surface area contributed by atoms with Crippen molar-refractivity contribution < 1.29 is 4.79 Å². The van der Waals surface area contributed by atoms with E-state index in [0.717, 1.165) is 26.1 Å². The van der Waals surface area contributed by atoms with Crippen LogP contribution in [0.1, 0.15) is 36.8 Å². The second-order valence-corrected chi connectivity index (χ2v) is 6.01. The zero-order valence-corrected chi connectivity index (χ0v) is 12.9. The molecule has 1 heterocycles. The summed E-state index contributed by atoms with van der Waals surface area (Å²) in [7, 11) is 1.98. The normalized spacial score (nSPS) is 20.1. The summed E-state index contributed by atoms with van der Waals surface area (Å²) in [4.78, 5) is 14.4. The average molecular weight is 274 g/mol. The number of nitrogens with one attached hydrogen (secondary N) is 1. The first-order valence-electron chi connectivity index (χ1n) is 7.59. The van der Waals surface area contributed by atoms with Crippen molar-refractivity contribution in [3.63, 3.8) is 0 Å². The van der Waals surface area contributed by atoms with Gasteiger partial charge in [-0.05, 0) is 49.9 Å². The molecule has 0 aliphatic carbocycles. The van der Waals surface area contributed by atoms with Gasteiger partial charge < -0.3 is 10.2 Å². The molecule has 1 aliphatic rings. The largest absolute Gasteiger partial charge is 0.342 e. The number of benzene rings is 1. The number of carbonyl (C=O) groups is 1. The SMILES string of the molecule is CNC[C@H]1CCN(C(=O)C[C@@H](C)c2ccccc2C)C1. The third-order valence-corrected chi connectivity index (χ3v) is 4.33. The lowest BCUT2D eigenvalue weighted by Gasteiger charge is -2.20. The Morgan fingerprint density at radius 3 is 2.90 bits per heavy atom. The summed E-state index contributed by atoms with van der Waals surface area (Å²) < 4.78 is 0. The Bertz CT molecular complexity index is 458. The first-order valence-corrected chi connectivity index (χ1v) is 7.59. The van der Waals surface area contributed by atoms with Gasteiger partial charge in [0, 0.05) is 19.5 Å². The molecule has 1 amide bonds. The van der Waals surface area contributed by atoms with Crippen molar-refractivity contribution in [2.45, 2.75) is 32.6 Å². The second kappa shape index (κ2) is 6.89. The molecule has 20 heavy (non-hydrogen) atoms. The Morgan fingerprint density at radius 2 is 2.20 bits per heavy atom. The Kier molecular flexibility index (Phi) is 5.18. The van der Waals surface area contributed by atoms with E-state index >= 15 is 0 Å². The lowest BCUT2D eigenvalue weighted by atomic mass is 9.93. The third-order valence-electron chi connectivity index (χ3n) is 4.33. The van der Waals surface area contributed by atoms with Crippen LogP contribution in [-0.4, -0.2) is 37.5 Å². The third kappa shape index (κ3) is 3.60. The van der Waals surface area contributed by atoms with Crippen LogP contribution in [0.2, 0.25) is 0 Å². The minimum atomic E-state index is 0.298. The van der Waals surface area contributed by atoms with Gasteiger partial charge in [0.25, 0.3) is 0 Å². The van der Waals surface area contributed by atoms with E-state index in [2.05, 4.69) is 43.4 Å². The molecule has 0 radical (unpaired) electrons. The van der Waals surface area contributed by atoms with Gasteiger partial charge >= 0.3 is 0 Å². The first kappa shape index (κ1) is 15.0. The zero-order chi connectivity index (χ0) is 14.5. The minimum Gasteiger partial charge on any atom is -0.342 e. The highest BCUT2D eigenvalue weighted by molar-refractivity contribution is 5.77. The summed E-state index contributed by atoms with van der Waals surface area (Å²) >= 11 is 0. The van der Waals surface area contributed by atoms with Crippen LogP contribution in [0, 0.1) is 12.8 Å². The first-order chi connectivity index (χ1) is 9.61. The molecule has 2 atom stereocenters. The Hall–Kier alpha value is -1.35. The molecule has 0 bridgehead atoms. The molecule has 0 unspecified atom stereocenters. The van der Waals surface area contributed by atoms with Crippen molar-refractivity contribution in [1.82, 2.24) is 10.2 Å².